The van der Waals surface area contributed by atoms with Gasteiger partial charge in [-0.15, -0.1) is 0 Å². The quantitative estimate of drug-likeness (QED) is 0.239. The van der Waals surface area contributed by atoms with Crippen LogP contribution in [0.4, 0.5) is 8.78 Å². The Morgan fingerprint density at radius 2 is 1.77 bits per heavy atom. The average molecular weight is 427 g/mol. The van der Waals surface area contributed by atoms with Crippen LogP contribution >= 0.6 is 0 Å². The summed E-state index contributed by atoms with van der Waals surface area (Å²) >= 11 is 0. The molecule has 0 saturated carbocycles. The molecule has 0 amide bonds. The Kier molecular flexibility index (Phi) is 12.9. The minimum absolute atomic E-state index is 0.0592. The van der Waals surface area contributed by atoms with Gasteiger partial charge < -0.3 is 14.2 Å². The van der Waals surface area contributed by atoms with Crippen LogP contribution in [0.25, 0.3) is 0 Å². The van der Waals surface area contributed by atoms with Gasteiger partial charge in [0.1, 0.15) is 5.76 Å². The van der Waals surface area contributed by atoms with Gasteiger partial charge in [0.25, 0.3) is 0 Å². The van der Waals surface area contributed by atoms with Gasteiger partial charge in [0.05, 0.1) is 32.5 Å². The molecule has 0 radical (unpaired) electrons. The number of rotatable bonds is 12. The Hall–Kier alpha value is -1.46. The lowest BCUT2D eigenvalue weighted by Crippen LogP contribution is -2.31. The topological polar surface area (TPSA) is 27.7 Å². The van der Waals surface area contributed by atoms with Gasteiger partial charge in [-0.1, -0.05) is 45.8 Å². The molecule has 1 aliphatic rings. The third-order valence-corrected chi connectivity index (χ3v) is 5.64. The molecule has 2 atom stereocenters. The largest absolute Gasteiger partial charge is 0.498 e. The minimum Gasteiger partial charge on any atom is -0.498 e. The van der Waals surface area contributed by atoms with E-state index in [1.165, 1.54) is 26.9 Å². The van der Waals surface area contributed by atoms with Crippen molar-refractivity contribution < 1.29 is 23.0 Å². The Bertz CT molecular complexity index is 639. The standard InChI is InChI=1S/C25H40F2O3/c1-7-10-11-21-14-15-22(17-30-21)29-16-20(8-2)13-12-18(4)23(9-3)25(27)24(26)19(5)28-6/h12-13,21-22H,7-11,14-17H2,1-6H3/b18-12+,20-13+,24-19-,25-23-. The van der Waals surface area contributed by atoms with E-state index < -0.39 is 11.7 Å². The summed E-state index contributed by atoms with van der Waals surface area (Å²) in [7, 11) is 1.33. The number of halogens is 2. The maximum Gasteiger partial charge on any atom is 0.196 e. The molecule has 0 spiro atoms. The van der Waals surface area contributed by atoms with Crippen molar-refractivity contribution in [2.24, 2.45) is 0 Å². The van der Waals surface area contributed by atoms with E-state index in [2.05, 4.69) is 13.8 Å². The zero-order valence-electron chi connectivity index (χ0n) is 19.7. The molecule has 0 bridgehead atoms. The Balaban J connectivity index is 2.72. The summed E-state index contributed by atoms with van der Waals surface area (Å²) in [4.78, 5) is 0. The fourth-order valence-electron chi connectivity index (χ4n) is 3.39. The first-order valence-electron chi connectivity index (χ1n) is 11.3. The van der Waals surface area contributed by atoms with Crippen molar-refractivity contribution in [3.63, 3.8) is 0 Å². The summed E-state index contributed by atoms with van der Waals surface area (Å²) in [6.07, 6.45) is 11.2. The highest BCUT2D eigenvalue weighted by molar-refractivity contribution is 5.40. The number of methoxy groups -OCH3 is 1. The van der Waals surface area contributed by atoms with Crippen molar-refractivity contribution in [2.75, 3.05) is 20.3 Å². The molecule has 5 heteroatoms. The highest BCUT2D eigenvalue weighted by atomic mass is 19.2. The summed E-state index contributed by atoms with van der Waals surface area (Å²) < 4.78 is 45.4. The van der Waals surface area contributed by atoms with Crippen LogP contribution in [0.3, 0.4) is 0 Å². The summed E-state index contributed by atoms with van der Waals surface area (Å²) in [5, 5.41) is 0. The third kappa shape index (κ3) is 8.73. The maximum atomic E-state index is 14.5. The molecule has 0 aromatic heterocycles. The molecule has 1 rings (SSSR count). The monoisotopic (exact) mass is 426 g/mol. The first-order valence-corrected chi connectivity index (χ1v) is 11.3. The van der Waals surface area contributed by atoms with E-state index >= 15 is 0 Å². The molecule has 2 unspecified atom stereocenters. The molecule has 0 aliphatic carbocycles. The molecule has 172 valence electrons. The van der Waals surface area contributed by atoms with Gasteiger partial charge >= 0.3 is 0 Å². The van der Waals surface area contributed by atoms with E-state index in [0.717, 1.165) is 31.3 Å². The average Bonchev–Trinajstić information content (AvgIpc) is 2.77. The Labute approximate surface area is 181 Å². The summed E-state index contributed by atoms with van der Waals surface area (Å²) in [6.45, 7) is 10.5. The second-order valence-electron chi connectivity index (χ2n) is 7.86. The Morgan fingerprint density at radius 3 is 2.30 bits per heavy atom. The van der Waals surface area contributed by atoms with E-state index in [4.69, 9.17) is 14.2 Å². The van der Waals surface area contributed by atoms with Crippen LogP contribution in [-0.2, 0) is 14.2 Å². The van der Waals surface area contributed by atoms with Gasteiger partial charge in [0, 0.05) is 0 Å². The van der Waals surface area contributed by atoms with Crippen LogP contribution in [0.15, 0.2) is 46.3 Å². The zero-order valence-corrected chi connectivity index (χ0v) is 19.7. The molecule has 1 heterocycles. The molecule has 1 saturated heterocycles. The molecule has 0 aromatic carbocycles. The summed E-state index contributed by atoms with van der Waals surface area (Å²) in [6, 6.07) is 0. The zero-order chi connectivity index (χ0) is 22.5. The number of hydrogen-bond acceptors (Lipinski definition) is 3. The lowest BCUT2D eigenvalue weighted by Gasteiger charge is -2.29. The lowest BCUT2D eigenvalue weighted by atomic mass is 10.0. The van der Waals surface area contributed by atoms with Crippen LogP contribution in [0.2, 0.25) is 0 Å². The van der Waals surface area contributed by atoms with Crippen molar-refractivity contribution in [1.82, 2.24) is 0 Å². The van der Waals surface area contributed by atoms with Crippen LogP contribution in [0, 0.1) is 0 Å². The molecule has 0 N–H and O–H groups in total. The van der Waals surface area contributed by atoms with Crippen molar-refractivity contribution in [2.45, 2.75) is 91.8 Å². The van der Waals surface area contributed by atoms with E-state index in [0.29, 0.717) is 36.9 Å². The van der Waals surface area contributed by atoms with Crippen molar-refractivity contribution >= 4 is 0 Å². The predicted octanol–water partition coefficient (Wildman–Crippen LogP) is 7.50. The SMILES string of the molecule is CCCCC1CCC(OC/C(=C/C=C(C)/C(CC)=C(F)/C(F)=C(\C)OC)CC)CO1. The molecule has 30 heavy (non-hydrogen) atoms. The lowest BCUT2D eigenvalue weighted by molar-refractivity contribution is -0.0830. The fourth-order valence-corrected chi connectivity index (χ4v) is 3.39. The molecule has 3 nitrogen and oxygen atoms in total. The van der Waals surface area contributed by atoms with Gasteiger partial charge in [0.2, 0.25) is 0 Å². The molecular formula is C25H40F2O3. The highest BCUT2D eigenvalue weighted by Crippen LogP contribution is 2.28. The number of ether oxygens (including phenoxy) is 3. The van der Waals surface area contributed by atoms with Crippen molar-refractivity contribution in [3.05, 3.63) is 46.3 Å². The first-order chi connectivity index (χ1) is 14.4. The molecule has 0 aromatic rings. The predicted molar refractivity (Wildman–Crippen MR) is 120 cm³/mol. The van der Waals surface area contributed by atoms with Gasteiger partial charge in [0.15, 0.2) is 11.7 Å². The smallest absolute Gasteiger partial charge is 0.196 e. The second-order valence-corrected chi connectivity index (χ2v) is 7.86. The van der Waals surface area contributed by atoms with Crippen LogP contribution in [0.5, 0.6) is 0 Å². The number of allylic oxidation sites excluding steroid dienone is 7. The molecular weight excluding hydrogens is 386 g/mol. The third-order valence-electron chi connectivity index (χ3n) is 5.64. The van der Waals surface area contributed by atoms with Crippen molar-refractivity contribution in [3.8, 4) is 0 Å². The van der Waals surface area contributed by atoms with E-state index in [1.54, 1.807) is 6.92 Å². The van der Waals surface area contributed by atoms with Gasteiger partial charge in [-0.25, -0.2) is 8.78 Å². The van der Waals surface area contributed by atoms with E-state index in [-0.39, 0.29) is 11.9 Å². The van der Waals surface area contributed by atoms with Crippen LogP contribution in [-0.4, -0.2) is 32.5 Å². The number of hydrogen-bond donors (Lipinski definition) is 0. The Morgan fingerprint density at radius 1 is 1.03 bits per heavy atom. The summed E-state index contributed by atoms with van der Waals surface area (Å²) in [5.74, 6) is -1.86. The van der Waals surface area contributed by atoms with Gasteiger partial charge in [-0.2, -0.15) is 0 Å². The summed E-state index contributed by atoms with van der Waals surface area (Å²) in [5.41, 5.74) is 2.15. The minimum atomic E-state index is -0.945. The first kappa shape index (κ1) is 26.6. The molecule has 1 aliphatic heterocycles. The van der Waals surface area contributed by atoms with E-state index in [1.807, 2.05) is 19.1 Å². The second kappa shape index (κ2) is 14.5. The van der Waals surface area contributed by atoms with Gasteiger partial charge in [-0.3, -0.25) is 0 Å². The normalized spacial score (nSPS) is 22.5. The van der Waals surface area contributed by atoms with Gasteiger partial charge in [-0.05, 0) is 62.7 Å². The number of unbranched alkanes of at least 4 members (excludes halogenated alkanes) is 1. The van der Waals surface area contributed by atoms with Crippen LogP contribution in [0.1, 0.15) is 79.6 Å². The fraction of sp³-hybridized carbons (Fsp3) is 0.680. The maximum absolute atomic E-state index is 14.5. The highest BCUT2D eigenvalue weighted by Gasteiger charge is 2.22. The molecule has 1 fully saturated rings. The van der Waals surface area contributed by atoms with Crippen LogP contribution < -0.4 is 0 Å². The van der Waals surface area contributed by atoms with Crippen molar-refractivity contribution in [1.29, 1.82) is 0 Å². The van der Waals surface area contributed by atoms with E-state index in [9.17, 15) is 8.78 Å².